The molecule has 1 amide bonds. The second-order valence-corrected chi connectivity index (χ2v) is 16.9. The van der Waals surface area contributed by atoms with Crippen LogP contribution >= 0.6 is 23.2 Å². The van der Waals surface area contributed by atoms with Crippen molar-refractivity contribution in [1.82, 2.24) is 19.8 Å². The van der Waals surface area contributed by atoms with Crippen LogP contribution in [0.4, 0.5) is 13.2 Å². The zero-order valence-corrected chi connectivity index (χ0v) is 32.4. The normalized spacial score (nSPS) is 24.1. The van der Waals surface area contributed by atoms with E-state index in [0.717, 1.165) is 31.5 Å². The lowest BCUT2D eigenvalue weighted by atomic mass is 9.79. The van der Waals surface area contributed by atoms with Crippen LogP contribution in [0.5, 0.6) is 0 Å². The molecule has 10 rings (SSSR count). The van der Waals surface area contributed by atoms with E-state index in [1.54, 1.807) is 25.1 Å². The number of rotatable bonds is 10. The van der Waals surface area contributed by atoms with Crippen LogP contribution in [0.1, 0.15) is 86.7 Å². The van der Waals surface area contributed by atoms with Crippen LogP contribution in [0.3, 0.4) is 0 Å². The Bertz CT molecular complexity index is 2450. The highest BCUT2D eigenvalue weighted by atomic mass is 35.5. The Labute approximate surface area is 332 Å². The van der Waals surface area contributed by atoms with Crippen molar-refractivity contribution < 1.29 is 27.8 Å². The summed E-state index contributed by atoms with van der Waals surface area (Å²) in [6.45, 7) is 4.29. The molecule has 8 nitrogen and oxygen atoms in total. The van der Waals surface area contributed by atoms with Crippen molar-refractivity contribution in [2.45, 2.75) is 89.3 Å². The molecule has 2 aliphatic carbocycles. The lowest BCUT2D eigenvalue weighted by molar-refractivity contribution is -0.138. The number of likely N-dealkylation sites (tertiary alicyclic amines) is 1. The second kappa shape index (κ2) is 14.0. The number of fused-ring (bicyclic) bond motifs is 4. The summed E-state index contributed by atoms with van der Waals surface area (Å²) in [7, 11) is 0. The fourth-order valence-electron chi connectivity index (χ4n) is 9.33. The van der Waals surface area contributed by atoms with Crippen molar-refractivity contribution in [3.05, 3.63) is 98.5 Å². The minimum atomic E-state index is -1.09. The van der Waals surface area contributed by atoms with Crippen LogP contribution in [-0.2, 0) is 22.6 Å². The van der Waals surface area contributed by atoms with Gasteiger partial charge in [0.2, 0.25) is 5.91 Å². The van der Waals surface area contributed by atoms with Gasteiger partial charge in [-0.2, -0.15) is 5.26 Å². The molecule has 5 fully saturated rings. The summed E-state index contributed by atoms with van der Waals surface area (Å²) in [5.41, 5.74) is 2.27. The molecule has 2 saturated carbocycles. The quantitative estimate of drug-likeness (QED) is 0.146. The van der Waals surface area contributed by atoms with E-state index in [1.165, 1.54) is 18.2 Å². The molecule has 5 aliphatic rings. The Morgan fingerprint density at radius 1 is 1.12 bits per heavy atom. The minimum absolute atomic E-state index is 0.0104. The van der Waals surface area contributed by atoms with Gasteiger partial charge in [0, 0.05) is 70.5 Å². The number of aliphatic hydroxyl groups excluding tert-OH is 1. The summed E-state index contributed by atoms with van der Waals surface area (Å²) in [6, 6.07) is 14.4. The van der Waals surface area contributed by atoms with Crippen molar-refractivity contribution in [2.24, 2.45) is 11.3 Å². The number of amides is 1. The first-order chi connectivity index (χ1) is 26.9. The van der Waals surface area contributed by atoms with Crippen LogP contribution in [0.15, 0.2) is 48.5 Å². The number of hydrogen-bond acceptors (Lipinski definition) is 6. The molecule has 6 atom stereocenters. The molecule has 5 heterocycles. The van der Waals surface area contributed by atoms with Crippen LogP contribution in [-0.4, -0.2) is 50.7 Å². The highest BCUT2D eigenvalue weighted by Gasteiger charge is 2.53. The standard InChI is InChI=1S/C43H40Cl2F3N5O3/c1-21(54)38-27-17-34(33-16-24(19-52(33)42(55)43(2)11-12-43)56-20-28-30(46)9-4-10-31(28)47)53(40-23-15-32(40)50-18-23)41(27)26-14-22(6-5-13-49)35(37(48)39(26)51-38)25-7-3-8-29(44)36(25)45/h3-4,7-10,14,17,21,23-24,32-33,40,50,54H,5-6,11-12,15-16,18-20H2,1-2H3. The van der Waals surface area contributed by atoms with Crippen LogP contribution in [0.25, 0.3) is 32.9 Å². The first-order valence-corrected chi connectivity index (χ1v) is 19.9. The van der Waals surface area contributed by atoms with Crippen molar-refractivity contribution in [3.63, 3.8) is 0 Å². The summed E-state index contributed by atoms with van der Waals surface area (Å²) >= 11 is 13.1. The smallest absolute Gasteiger partial charge is 0.229 e. The van der Waals surface area contributed by atoms with E-state index in [4.69, 9.17) is 32.9 Å². The van der Waals surface area contributed by atoms with E-state index in [9.17, 15) is 23.9 Å². The number of nitrogens with zero attached hydrogens (tertiary/aromatic N) is 4. The van der Waals surface area contributed by atoms with Crippen molar-refractivity contribution >= 4 is 50.9 Å². The van der Waals surface area contributed by atoms with Gasteiger partial charge in [0.1, 0.15) is 17.2 Å². The number of hydrogen-bond donors (Lipinski definition) is 2. The third kappa shape index (κ3) is 5.99. The molecule has 56 heavy (non-hydrogen) atoms. The van der Waals surface area contributed by atoms with E-state index in [-0.39, 0.29) is 82.3 Å². The largest absolute Gasteiger partial charge is 0.387 e. The van der Waals surface area contributed by atoms with Crippen molar-refractivity contribution in [2.75, 3.05) is 13.1 Å². The molecule has 3 aliphatic heterocycles. The van der Waals surface area contributed by atoms with Crippen molar-refractivity contribution in [3.8, 4) is 17.2 Å². The molecule has 3 aromatic carbocycles. The third-order valence-corrected chi connectivity index (χ3v) is 13.4. The Morgan fingerprint density at radius 2 is 1.88 bits per heavy atom. The molecule has 6 unspecified atom stereocenters. The number of halogens is 5. The molecule has 2 N–H and O–H groups in total. The molecular weight excluding hydrogens is 762 g/mol. The van der Waals surface area contributed by atoms with Crippen LogP contribution in [0, 0.1) is 40.1 Å². The average molecular weight is 803 g/mol. The molecule has 0 spiro atoms. The maximum Gasteiger partial charge on any atom is 0.229 e. The highest BCUT2D eigenvalue weighted by Crippen LogP contribution is 2.53. The molecule has 0 radical (unpaired) electrons. The number of aryl methyl sites for hydroxylation is 1. The number of nitriles is 1. The van der Waals surface area contributed by atoms with Crippen LogP contribution in [0.2, 0.25) is 10.0 Å². The highest BCUT2D eigenvalue weighted by molar-refractivity contribution is 6.43. The molecule has 2 aromatic heterocycles. The Balaban J connectivity index is 1.26. The van der Waals surface area contributed by atoms with Gasteiger partial charge in [0.05, 0.1) is 58.2 Å². The van der Waals surface area contributed by atoms with E-state index in [2.05, 4.69) is 16.0 Å². The van der Waals surface area contributed by atoms with Gasteiger partial charge >= 0.3 is 0 Å². The summed E-state index contributed by atoms with van der Waals surface area (Å²) in [5, 5.41) is 26.1. The first-order valence-electron chi connectivity index (χ1n) is 19.2. The van der Waals surface area contributed by atoms with Gasteiger partial charge in [-0.25, -0.2) is 18.2 Å². The first kappa shape index (κ1) is 37.4. The Kier molecular flexibility index (Phi) is 9.37. The van der Waals surface area contributed by atoms with E-state index in [0.29, 0.717) is 33.8 Å². The average Bonchev–Trinajstić information content (AvgIpc) is 3.62. The summed E-state index contributed by atoms with van der Waals surface area (Å²) in [4.78, 5) is 21.0. The molecule has 2 bridgehead atoms. The third-order valence-electron chi connectivity index (χ3n) is 12.6. The van der Waals surface area contributed by atoms with Crippen molar-refractivity contribution in [1.29, 1.82) is 5.26 Å². The molecule has 5 aromatic rings. The lowest BCUT2D eigenvalue weighted by Crippen LogP contribution is -2.41. The number of ether oxygens (including phenoxy) is 1. The number of nitrogens with one attached hydrogen (secondary N) is 1. The number of aliphatic hydroxyl groups is 1. The fourth-order valence-corrected chi connectivity index (χ4v) is 9.73. The predicted octanol–water partition coefficient (Wildman–Crippen LogP) is 9.28. The Morgan fingerprint density at radius 3 is 2.54 bits per heavy atom. The van der Waals surface area contributed by atoms with Gasteiger partial charge in [-0.05, 0) is 74.4 Å². The SMILES string of the molecule is CC(O)c1nc2c(F)c(-c3cccc(Cl)c3Cl)c(CCC#N)cc2c2c1cc(C1CC(OCc3c(F)cccc3F)CN1C(=O)C1(C)CC1)n2C1C2CNC1C2. The number of benzene rings is 3. The van der Waals surface area contributed by atoms with Gasteiger partial charge < -0.3 is 24.6 Å². The number of pyridine rings is 1. The summed E-state index contributed by atoms with van der Waals surface area (Å²) in [5.74, 6) is -1.77. The van der Waals surface area contributed by atoms with Gasteiger partial charge in [-0.15, -0.1) is 0 Å². The van der Waals surface area contributed by atoms with E-state index < -0.39 is 41.1 Å². The maximum atomic E-state index is 17.4. The van der Waals surface area contributed by atoms with E-state index in [1.807, 2.05) is 24.0 Å². The van der Waals surface area contributed by atoms with Gasteiger partial charge in [0.25, 0.3) is 0 Å². The Hall–Kier alpha value is -4.18. The number of carbonyl (C=O) groups excluding carboxylic acids is 1. The van der Waals surface area contributed by atoms with Gasteiger partial charge in [-0.1, -0.05) is 48.3 Å². The molecule has 13 heteroatoms. The topological polar surface area (TPSA) is 103 Å². The van der Waals surface area contributed by atoms with Crippen LogP contribution < -0.4 is 5.32 Å². The molecule has 3 saturated heterocycles. The molecular formula is C43H40Cl2F3N5O3. The molecule has 290 valence electrons. The summed E-state index contributed by atoms with van der Waals surface area (Å²) < 4.78 is 55.2. The maximum absolute atomic E-state index is 17.4. The lowest BCUT2D eigenvalue weighted by Gasteiger charge is -2.39. The monoisotopic (exact) mass is 801 g/mol. The zero-order chi connectivity index (χ0) is 39.2. The minimum Gasteiger partial charge on any atom is -0.387 e. The zero-order valence-electron chi connectivity index (χ0n) is 30.9. The number of carbonyl (C=O) groups is 1. The number of aromatic nitrogens is 2. The van der Waals surface area contributed by atoms with E-state index >= 15 is 4.39 Å². The van der Waals surface area contributed by atoms with Gasteiger partial charge in [-0.3, -0.25) is 4.79 Å². The second-order valence-electron chi connectivity index (χ2n) is 16.2. The fraction of sp³-hybridized carbons (Fsp3) is 0.419. The predicted molar refractivity (Wildman–Crippen MR) is 208 cm³/mol. The van der Waals surface area contributed by atoms with Gasteiger partial charge in [0.15, 0.2) is 5.82 Å². The summed E-state index contributed by atoms with van der Waals surface area (Å²) in [6.07, 6.45) is 1.57.